The van der Waals surface area contributed by atoms with Crippen LogP contribution in [0, 0.1) is 0 Å². The highest BCUT2D eigenvalue weighted by Gasteiger charge is 1.97. The SMILES string of the molecule is O=C(NCCCCCO)NCCCCCO. The van der Waals surface area contributed by atoms with Gasteiger partial charge in [-0.05, 0) is 38.5 Å². The lowest BCUT2D eigenvalue weighted by molar-refractivity contribution is 0.240. The molecule has 0 aliphatic carbocycles. The Hall–Kier alpha value is -0.810. The molecule has 0 bridgehead atoms. The van der Waals surface area contributed by atoms with Gasteiger partial charge < -0.3 is 20.8 Å². The van der Waals surface area contributed by atoms with Crippen molar-refractivity contribution in [2.75, 3.05) is 26.3 Å². The summed E-state index contributed by atoms with van der Waals surface area (Å²) in [6, 6.07) is -0.131. The lowest BCUT2D eigenvalue weighted by Gasteiger charge is -2.06. The van der Waals surface area contributed by atoms with Gasteiger partial charge >= 0.3 is 6.03 Å². The van der Waals surface area contributed by atoms with E-state index in [0.29, 0.717) is 13.1 Å². The monoisotopic (exact) mass is 232 g/mol. The average molecular weight is 232 g/mol. The van der Waals surface area contributed by atoms with E-state index in [2.05, 4.69) is 10.6 Å². The van der Waals surface area contributed by atoms with Gasteiger partial charge in [0.1, 0.15) is 0 Å². The quantitative estimate of drug-likeness (QED) is 0.417. The van der Waals surface area contributed by atoms with Crippen LogP contribution in [0.25, 0.3) is 0 Å². The zero-order valence-electron chi connectivity index (χ0n) is 9.87. The van der Waals surface area contributed by atoms with E-state index in [4.69, 9.17) is 10.2 Å². The molecule has 0 saturated carbocycles. The number of aliphatic hydroxyl groups excluding tert-OH is 2. The Morgan fingerprint density at radius 2 is 1.19 bits per heavy atom. The molecule has 0 rings (SSSR count). The highest BCUT2D eigenvalue weighted by molar-refractivity contribution is 5.73. The van der Waals surface area contributed by atoms with Crippen LogP contribution >= 0.6 is 0 Å². The molecule has 16 heavy (non-hydrogen) atoms. The molecule has 0 aliphatic heterocycles. The van der Waals surface area contributed by atoms with Gasteiger partial charge in [-0.1, -0.05) is 0 Å². The Morgan fingerprint density at radius 1 is 0.750 bits per heavy atom. The van der Waals surface area contributed by atoms with Crippen LogP contribution in [0.15, 0.2) is 0 Å². The van der Waals surface area contributed by atoms with E-state index in [1.807, 2.05) is 0 Å². The normalized spacial score (nSPS) is 10.1. The van der Waals surface area contributed by atoms with E-state index in [1.54, 1.807) is 0 Å². The van der Waals surface area contributed by atoms with E-state index < -0.39 is 0 Å². The van der Waals surface area contributed by atoms with Gasteiger partial charge in [0, 0.05) is 26.3 Å². The van der Waals surface area contributed by atoms with Crippen LogP contribution in [0.1, 0.15) is 38.5 Å². The number of hydrogen-bond acceptors (Lipinski definition) is 3. The maximum atomic E-state index is 11.2. The van der Waals surface area contributed by atoms with Crippen molar-refractivity contribution in [3.8, 4) is 0 Å². The highest BCUT2D eigenvalue weighted by Crippen LogP contribution is 1.93. The van der Waals surface area contributed by atoms with Crippen LogP contribution in [0.3, 0.4) is 0 Å². The molecule has 0 spiro atoms. The van der Waals surface area contributed by atoms with Crippen molar-refractivity contribution in [1.82, 2.24) is 10.6 Å². The van der Waals surface area contributed by atoms with Crippen molar-refractivity contribution in [2.45, 2.75) is 38.5 Å². The average Bonchev–Trinajstić information content (AvgIpc) is 2.28. The van der Waals surface area contributed by atoms with Crippen molar-refractivity contribution in [3.05, 3.63) is 0 Å². The van der Waals surface area contributed by atoms with E-state index in [-0.39, 0.29) is 19.2 Å². The molecule has 96 valence electrons. The largest absolute Gasteiger partial charge is 0.396 e. The smallest absolute Gasteiger partial charge is 0.314 e. The summed E-state index contributed by atoms with van der Waals surface area (Å²) >= 11 is 0. The Morgan fingerprint density at radius 3 is 1.56 bits per heavy atom. The lowest BCUT2D eigenvalue weighted by Crippen LogP contribution is -2.36. The first-order valence-corrected chi connectivity index (χ1v) is 6.04. The summed E-state index contributed by atoms with van der Waals surface area (Å²) in [6.07, 6.45) is 5.27. The van der Waals surface area contributed by atoms with Gasteiger partial charge in [0.25, 0.3) is 0 Å². The molecule has 0 radical (unpaired) electrons. The van der Waals surface area contributed by atoms with Crippen LogP contribution in [0.4, 0.5) is 4.79 Å². The number of nitrogens with one attached hydrogen (secondary N) is 2. The maximum Gasteiger partial charge on any atom is 0.314 e. The van der Waals surface area contributed by atoms with Gasteiger partial charge in [-0.2, -0.15) is 0 Å². The van der Waals surface area contributed by atoms with Gasteiger partial charge in [-0.25, -0.2) is 4.79 Å². The Balaban J connectivity index is 3.12. The predicted molar refractivity (Wildman–Crippen MR) is 63.3 cm³/mol. The Bertz CT molecular complexity index is 149. The predicted octanol–water partition coefficient (Wildman–Crippen LogP) is 0.611. The van der Waals surface area contributed by atoms with Gasteiger partial charge in [0.05, 0.1) is 0 Å². The van der Waals surface area contributed by atoms with Crippen molar-refractivity contribution in [3.63, 3.8) is 0 Å². The first-order valence-electron chi connectivity index (χ1n) is 6.04. The number of unbranched alkanes of at least 4 members (excludes halogenated alkanes) is 4. The van der Waals surface area contributed by atoms with Crippen LogP contribution in [0.5, 0.6) is 0 Å². The lowest BCUT2D eigenvalue weighted by atomic mass is 10.2. The van der Waals surface area contributed by atoms with Crippen molar-refractivity contribution < 1.29 is 15.0 Å². The minimum atomic E-state index is -0.131. The number of amides is 2. The third-order valence-corrected chi connectivity index (χ3v) is 2.24. The van der Waals surface area contributed by atoms with Crippen LogP contribution < -0.4 is 10.6 Å². The van der Waals surface area contributed by atoms with E-state index in [0.717, 1.165) is 38.5 Å². The van der Waals surface area contributed by atoms with Crippen LogP contribution in [0.2, 0.25) is 0 Å². The summed E-state index contributed by atoms with van der Waals surface area (Å²) in [7, 11) is 0. The molecule has 5 heteroatoms. The second-order valence-corrected chi connectivity index (χ2v) is 3.75. The zero-order valence-corrected chi connectivity index (χ0v) is 9.87. The minimum absolute atomic E-state index is 0.131. The molecule has 0 aromatic rings. The van der Waals surface area contributed by atoms with Crippen LogP contribution in [-0.2, 0) is 0 Å². The topological polar surface area (TPSA) is 81.6 Å². The molecule has 2 amide bonds. The van der Waals surface area contributed by atoms with E-state index in [1.165, 1.54) is 0 Å². The number of hydrogen-bond donors (Lipinski definition) is 4. The van der Waals surface area contributed by atoms with E-state index >= 15 is 0 Å². The third kappa shape index (κ3) is 11.3. The fourth-order valence-corrected chi connectivity index (χ4v) is 1.29. The molecule has 0 heterocycles. The van der Waals surface area contributed by atoms with Crippen molar-refractivity contribution in [1.29, 1.82) is 0 Å². The molecule has 0 saturated heterocycles. The fraction of sp³-hybridized carbons (Fsp3) is 0.909. The maximum absolute atomic E-state index is 11.2. The molecule has 0 aromatic heterocycles. The molecule has 4 N–H and O–H groups in total. The van der Waals surface area contributed by atoms with Gasteiger partial charge in [0.2, 0.25) is 0 Å². The van der Waals surface area contributed by atoms with Gasteiger partial charge in [-0.3, -0.25) is 0 Å². The Labute approximate surface area is 97.2 Å². The first kappa shape index (κ1) is 15.2. The Kier molecular flexibility index (Phi) is 11.6. The number of aliphatic hydroxyl groups is 2. The summed E-state index contributed by atoms with van der Waals surface area (Å²) in [5, 5.41) is 22.6. The minimum Gasteiger partial charge on any atom is -0.396 e. The zero-order chi connectivity index (χ0) is 12.1. The molecule has 0 atom stereocenters. The van der Waals surface area contributed by atoms with Gasteiger partial charge in [-0.15, -0.1) is 0 Å². The number of urea groups is 1. The molecule has 0 unspecified atom stereocenters. The molecule has 5 nitrogen and oxygen atoms in total. The first-order chi connectivity index (χ1) is 7.81. The number of carbonyl (C=O) groups excluding carboxylic acids is 1. The van der Waals surface area contributed by atoms with Gasteiger partial charge in [0.15, 0.2) is 0 Å². The standard InChI is InChI=1S/C11H24N2O3/c14-9-5-1-3-7-12-11(16)13-8-4-2-6-10-15/h14-15H,1-10H2,(H2,12,13,16). The summed E-state index contributed by atoms with van der Waals surface area (Å²) in [6.45, 7) is 1.75. The number of carbonyl (C=O) groups is 1. The summed E-state index contributed by atoms with van der Waals surface area (Å²) in [5.41, 5.74) is 0. The van der Waals surface area contributed by atoms with Crippen molar-refractivity contribution >= 4 is 6.03 Å². The molecular weight excluding hydrogens is 208 g/mol. The molecule has 0 aromatic carbocycles. The third-order valence-electron chi connectivity index (χ3n) is 2.24. The second-order valence-electron chi connectivity index (χ2n) is 3.75. The fourth-order valence-electron chi connectivity index (χ4n) is 1.29. The second kappa shape index (κ2) is 12.3. The summed E-state index contributed by atoms with van der Waals surface area (Å²) in [4.78, 5) is 11.2. The van der Waals surface area contributed by atoms with Crippen molar-refractivity contribution in [2.24, 2.45) is 0 Å². The highest BCUT2D eigenvalue weighted by atomic mass is 16.3. The number of rotatable bonds is 10. The van der Waals surface area contributed by atoms with Crippen LogP contribution in [-0.4, -0.2) is 42.5 Å². The summed E-state index contributed by atoms with van der Waals surface area (Å²) < 4.78 is 0. The molecule has 0 aliphatic rings. The molecular formula is C11H24N2O3. The summed E-state index contributed by atoms with van der Waals surface area (Å²) in [5.74, 6) is 0. The van der Waals surface area contributed by atoms with E-state index in [9.17, 15) is 4.79 Å². The molecule has 0 fully saturated rings.